The van der Waals surface area contributed by atoms with Crippen LogP contribution in [0.25, 0.3) is 0 Å². The maximum atomic E-state index is 11.8. The second-order valence-electron chi connectivity index (χ2n) is 3.33. The van der Waals surface area contributed by atoms with Crippen LogP contribution in [0.2, 0.25) is 0 Å². The number of anilines is 1. The molecule has 2 rings (SSSR count). The number of nitrogen functional groups attached to an aromatic ring is 1. The lowest BCUT2D eigenvalue weighted by atomic mass is 10.2. The molecule has 0 aliphatic heterocycles. The van der Waals surface area contributed by atoms with Gasteiger partial charge < -0.3 is 15.2 Å². The molecule has 2 aromatic rings. The Bertz CT molecular complexity index is 496. The summed E-state index contributed by atoms with van der Waals surface area (Å²) in [4.78, 5) is 15.7. The quantitative estimate of drug-likeness (QED) is 0.537. The van der Waals surface area contributed by atoms with E-state index in [1.165, 1.54) is 6.20 Å². The van der Waals surface area contributed by atoms with Crippen LogP contribution in [0.1, 0.15) is 16.1 Å². The van der Waals surface area contributed by atoms with Gasteiger partial charge in [-0.05, 0) is 18.2 Å². The molecular formula is C11H12N4O2. The summed E-state index contributed by atoms with van der Waals surface area (Å²) in [6, 6.07) is 5.17. The first kappa shape index (κ1) is 11.2. The summed E-state index contributed by atoms with van der Waals surface area (Å²) in [5.74, 6) is 5.73. The van der Waals surface area contributed by atoms with Crippen molar-refractivity contribution in [2.45, 2.75) is 6.54 Å². The minimum Gasteiger partial charge on any atom is -0.467 e. The van der Waals surface area contributed by atoms with Crippen LogP contribution in [0.5, 0.6) is 0 Å². The summed E-state index contributed by atoms with van der Waals surface area (Å²) >= 11 is 0. The number of nitrogens with one attached hydrogen (secondary N) is 2. The number of nitrogens with two attached hydrogens (primary N) is 1. The Balaban J connectivity index is 2.04. The molecule has 2 heterocycles. The van der Waals surface area contributed by atoms with Crippen LogP contribution in [0.3, 0.4) is 0 Å². The predicted molar refractivity (Wildman–Crippen MR) is 61.9 cm³/mol. The molecule has 0 saturated heterocycles. The number of hydrogen-bond donors (Lipinski definition) is 3. The molecule has 0 unspecified atom stereocenters. The largest absolute Gasteiger partial charge is 0.467 e. The van der Waals surface area contributed by atoms with Gasteiger partial charge in [-0.2, -0.15) is 0 Å². The van der Waals surface area contributed by atoms with E-state index in [1.807, 2.05) is 0 Å². The highest BCUT2D eigenvalue weighted by atomic mass is 16.3. The first-order valence-electron chi connectivity index (χ1n) is 5.02. The maximum Gasteiger partial charge on any atom is 0.255 e. The maximum absolute atomic E-state index is 11.8. The van der Waals surface area contributed by atoms with E-state index >= 15 is 0 Å². The van der Waals surface area contributed by atoms with Gasteiger partial charge in [0.05, 0.1) is 24.1 Å². The summed E-state index contributed by atoms with van der Waals surface area (Å²) in [6.45, 7) is 0.324. The zero-order chi connectivity index (χ0) is 12.1. The van der Waals surface area contributed by atoms with Crippen LogP contribution >= 0.6 is 0 Å². The highest BCUT2D eigenvalue weighted by molar-refractivity contribution is 5.99. The van der Waals surface area contributed by atoms with Gasteiger partial charge in [0.1, 0.15) is 5.76 Å². The van der Waals surface area contributed by atoms with Crippen molar-refractivity contribution in [3.63, 3.8) is 0 Å². The number of hydrazine groups is 1. The molecule has 88 valence electrons. The van der Waals surface area contributed by atoms with E-state index in [2.05, 4.69) is 15.7 Å². The van der Waals surface area contributed by atoms with Crippen LogP contribution in [-0.2, 0) is 6.54 Å². The molecule has 17 heavy (non-hydrogen) atoms. The minimum absolute atomic E-state index is 0.262. The minimum atomic E-state index is -0.262. The number of hydrogen-bond acceptors (Lipinski definition) is 5. The lowest BCUT2D eigenvalue weighted by molar-refractivity contribution is 0.0948. The van der Waals surface area contributed by atoms with Gasteiger partial charge in [0.25, 0.3) is 5.91 Å². The fourth-order valence-electron chi connectivity index (χ4n) is 1.38. The third-order valence-corrected chi connectivity index (χ3v) is 2.22. The van der Waals surface area contributed by atoms with Crippen molar-refractivity contribution in [2.24, 2.45) is 5.84 Å². The van der Waals surface area contributed by atoms with Crippen molar-refractivity contribution >= 4 is 11.6 Å². The fourth-order valence-corrected chi connectivity index (χ4v) is 1.38. The Morgan fingerprint density at radius 2 is 2.35 bits per heavy atom. The summed E-state index contributed by atoms with van der Waals surface area (Å²) in [5.41, 5.74) is 3.36. The fraction of sp³-hybridized carbons (Fsp3) is 0.0909. The molecule has 0 bridgehead atoms. The van der Waals surface area contributed by atoms with E-state index in [1.54, 1.807) is 30.7 Å². The van der Waals surface area contributed by atoms with E-state index in [0.717, 1.165) is 0 Å². The molecule has 0 aromatic carbocycles. The molecule has 0 spiro atoms. The van der Waals surface area contributed by atoms with Crippen LogP contribution in [0.4, 0.5) is 5.69 Å². The molecule has 1 amide bonds. The average Bonchev–Trinajstić information content (AvgIpc) is 2.89. The topological polar surface area (TPSA) is 93.2 Å². The first-order chi connectivity index (χ1) is 8.31. The molecule has 6 heteroatoms. The van der Waals surface area contributed by atoms with Gasteiger partial charge in [-0.1, -0.05) is 0 Å². The molecule has 0 aliphatic carbocycles. The van der Waals surface area contributed by atoms with Gasteiger partial charge >= 0.3 is 0 Å². The van der Waals surface area contributed by atoms with E-state index in [9.17, 15) is 4.79 Å². The van der Waals surface area contributed by atoms with Crippen LogP contribution < -0.4 is 16.6 Å². The monoisotopic (exact) mass is 232 g/mol. The lowest BCUT2D eigenvalue weighted by Gasteiger charge is -2.07. The van der Waals surface area contributed by atoms with Crippen molar-refractivity contribution in [2.75, 3.05) is 5.43 Å². The Morgan fingerprint density at radius 1 is 1.47 bits per heavy atom. The van der Waals surface area contributed by atoms with Crippen LogP contribution in [-0.4, -0.2) is 10.9 Å². The zero-order valence-electron chi connectivity index (χ0n) is 9.01. The second kappa shape index (κ2) is 5.13. The molecule has 0 aliphatic rings. The van der Waals surface area contributed by atoms with Gasteiger partial charge in [-0.25, -0.2) is 0 Å². The van der Waals surface area contributed by atoms with Gasteiger partial charge in [-0.3, -0.25) is 15.6 Å². The van der Waals surface area contributed by atoms with E-state index in [4.69, 9.17) is 10.3 Å². The number of amides is 1. The zero-order valence-corrected chi connectivity index (χ0v) is 9.01. The number of aromatic nitrogens is 1. The SMILES string of the molecule is NNc1ccncc1C(=O)NCc1ccco1. The molecule has 0 fully saturated rings. The van der Waals surface area contributed by atoms with Crippen molar-refractivity contribution in [1.82, 2.24) is 10.3 Å². The molecule has 2 aromatic heterocycles. The number of furan rings is 1. The third kappa shape index (κ3) is 2.61. The Labute approximate surface area is 97.8 Å². The number of nitrogens with zero attached hydrogens (tertiary/aromatic N) is 1. The van der Waals surface area contributed by atoms with Crippen molar-refractivity contribution < 1.29 is 9.21 Å². The summed E-state index contributed by atoms with van der Waals surface area (Å²) in [7, 11) is 0. The van der Waals surface area contributed by atoms with Gasteiger partial charge in [0, 0.05) is 12.4 Å². The smallest absolute Gasteiger partial charge is 0.255 e. The highest BCUT2D eigenvalue weighted by Crippen LogP contribution is 2.11. The number of pyridine rings is 1. The number of rotatable bonds is 4. The Kier molecular flexibility index (Phi) is 3.37. The summed E-state index contributed by atoms with van der Waals surface area (Å²) < 4.78 is 5.11. The third-order valence-electron chi connectivity index (χ3n) is 2.22. The molecule has 6 nitrogen and oxygen atoms in total. The van der Waals surface area contributed by atoms with Crippen molar-refractivity contribution in [3.8, 4) is 0 Å². The molecular weight excluding hydrogens is 220 g/mol. The molecule has 0 radical (unpaired) electrons. The van der Waals surface area contributed by atoms with E-state index in [-0.39, 0.29) is 5.91 Å². The van der Waals surface area contributed by atoms with Gasteiger partial charge in [0.2, 0.25) is 0 Å². The molecule has 4 N–H and O–H groups in total. The normalized spacial score (nSPS) is 9.94. The molecule has 0 saturated carbocycles. The van der Waals surface area contributed by atoms with Gasteiger partial charge in [0.15, 0.2) is 0 Å². The lowest BCUT2D eigenvalue weighted by Crippen LogP contribution is -2.24. The number of carbonyl (C=O) groups excluding carboxylic acids is 1. The van der Waals surface area contributed by atoms with Crippen LogP contribution in [0.15, 0.2) is 41.3 Å². The average molecular weight is 232 g/mol. The van der Waals surface area contributed by atoms with Crippen molar-refractivity contribution in [1.29, 1.82) is 0 Å². The predicted octanol–water partition coefficient (Wildman–Crippen LogP) is 0.890. The second-order valence-corrected chi connectivity index (χ2v) is 3.33. The Hall–Kier alpha value is -2.34. The Morgan fingerprint density at radius 3 is 3.06 bits per heavy atom. The highest BCUT2D eigenvalue weighted by Gasteiger charge is 2.10. The number of carbonyl (C=O) groups is 1. The molecule has 0 atom stereocenters. The van der Waals surface area contributed by atoms with Gasteiger partial charge in [-0.15, -0.1) is 0 Å². The summed E-state index contributed by atoms with van der Waals surface area (Å²) in [5, 5.41) is 2.71. The standard InChI is InChI=1S/C11H12N4O2/c12-15-10-3-4-13-7-9(10)11(16)14-6-8-2-1-5-17-8/h1-5,7H,6,12H2,(H,13,15)(H,14,16). The van der Waals surface area contributed by atoms with Crippen molar-refractivity contribution in [3.05, 3.63) is 48.2 Å². The summed E-state index contributed by atoms with van der Waals surface area (Å²) in [6.07, 6.45) is 4.56. The first-order valence-corrected chi connectivity index (χ1v) is 5.02. The van der Waals surface area contributed by atoms with Crippen LogP contribution in [0, 0.1) is 0 Å². The van der Waals surface area contributed by atoms with E-state index < -0.39 is 0 Å². The van der Waals surface area contributed by atoms with E-state index in [0.29, 0.717) is 23.6 Å².